The van der Waals surface area contributed by atoms with Gasteiger partial charge in [-0.15, -0.1) is 0 Å². The number of nitrogens with one attached hydrogen (secondary N) is 2. The van der Waals surface area contributed by atoms with Crippen LogP contribution in [0, 0.1) is 5.92 Å². The first-order chi connectivity index (χ1) is 12.9. The van der Waals surface area contributed by atoms with Crippen LogP contribution in [0.5, 0.6) is 0 Å². The van der Waals surface area contributed by atoms with Crippen LogP contribution in [0.25, 0.3) is 0 Å². The van der Waals surface area contributed by atoms with Crippen molar-refractivity contribution in [1.82, 2.24) is 0 Å². The first kappa shape index (κ1) is 19.9. The lowest BCUT2D eigenvalue weighted by molar-refractivity contribution is -0.897. The fourth-order valence-corrected chi connectivity index (χ4v) is 3.77. The van der Waals surface area contributed by atoms with E-state index < -0.39 is 0 Å². The van der Waals surface area contributed by atoms with E-state index in [1.807, 2.05) is 0 Å². The first-order valence-electron chi connectivity index (χ1n) is 9.16. The van der Waals surface area contributed by atoms with E-state index in [2.05, 4.69) is 12.2 Å². The largest absolute Gasteiger partial charge is 0.327 e. The van der Waals surface area contributed by atoms with Crippen molar-refractivity contribution in [3.05, 3.63) is 63.6 Å². The number of anilines is 1. The summed E-state index contributed by atoms with van der Waals surface area (Å²) in [7, 11) is 0. The molecule has 0 unspecified atom stereocenters. The molecule has 1 fully saturated rings. The molecule has 1 amide bonds. The Morgan fingerprint density at radius 2 is 1.78 bits per heavy atom. The predicted molar refractivity (Wildman–Crippen MR) is 109 cm³/mol. The maximum absolute atomic E-state index is 12.9. The summed E-state index contributed by atoms with van der Waals surface area (Å²) in [5, 5.41) is 3.68. The van der Waals surface area contributed by atoms with Gasteiger partial charge in [-0.3, -0.25) is 9.59 Å². The minimum Gasteiger partial charge on any atom is -0.327 e. The molecule has 6 heteroatoms. The standard InChI is InChI=1S/C21H22Cl2N2O2/c1-14-8-10-25(11-9-14)13-20(26)24-19-7-6-15(22)12-17(19)21(27)16-4-2-3-5-18(16)23/h2-7,12,14H,8-11,13H2,1H3,(H,24,26)/p+1. The number of quaternary nitrogens is 1. The second kappa shape index (κ2) is 8.87. The van der Waals surface area contributed by atoms with Gasteiger partial charge in [-0.1, -0.05) is 42.3 Å². The first-order valence-corrected chi connectivity index (χ1v) is 9.92. The van der Waals surface area contributed by atoms with E-state index in [9.17, 15) is 9.59 Å². The number of hydrogen-bond donors (Lipinski definition) is 2. The number of rotatable bonds is 5. The molecular formula is C21H23Cl2N2O2+. The monoisotopic (exact) mass is 405 g/mol. The fourth-order valence-electron chi connectivity index (χ4n) is 3.37. The molecule has 0 spiro atoms. The number of ketones is 1. The second-order valence-corrected chi connectivity index (χ2v) is 8.00. The predicted octanol–water partition coefficient (Wildman–Crippen LogP) is 3.48. The summed E-state index contributed by atoms with van der Waals surface area (Å²) in [5.74, 6) is 0.362. The van der Waals surface area contributed by atoms with E-state index in [-0.39, 0.29) is 11.7 Å². The second-order valence-electron chi connectivity index (χ2n) is 7.16. The van der Waals surface area contributed by atoms with Crippen molar-refractivity contribution in [3.63, 3.8) is 0 Å². The Balaban J connectivity index is 1.77. The molecule has 0 aromatic heterocycles. The van der Waals surface area contributed by atoms with Gasteiger partial charge in [-0.2, -0.15) is 0 Å². The zero-order valence-electron chi connectivity index (χ0n) is 15.2. The van der Waals surface area contributed by atoms with Gasteiger partial charge in [0.25, 0.3) is 5.91 Å². The molecule has 0 radical (unpaired) electrons. The molecule has 0 bridgehead atoms. The molecule has 0 aliphatic carbocycles. The molecule has 1 aliphatic rings. The lowest BCUT2D eigenvalue weighted by atomic mass is 9.99. The molecule has 3 rings (SSSR count). The molecule has 2 aromatic carbocycles. The molecule has 27 heavy (non-hydrogen) atoms. The van der Waals surface area contributed by atoms with Crippen LogP contribution >= 0.6 is 23.2 Å². The van der Waals surface area contributed by atoms with Gasteiger partial charge in [0.2, 0.25) is 0 Å². The zero-order valence-corrected chi connectivity index (χ0v) is 16.7. The molecule has 2 N–H and O–H groups in total. The molecule has 4 nitrogen and oxygen atoms in total. The third kappa shape index (κ3) is 5.10. The minimum absolute atomic E-state index is 0.102. The highest BCUT2D eigenvalue weighted by atomic mass is 35.5. The van der Waals surface area contributed by atoms with E-state index in [4.69, 9.17) is 23.2 Å². The van der Waals surface area contributed by atoms with Crippen LogP contribution in [0.2, 0.25) is 10.0 Å². The zero-order chi connectivity index (χ0) is 19.4. The molecule has 1 aliphatic heterocycles. The smallest absolute Gasteiger partial charge is 0.279 e. The number of halogens is 2. The summed E-state index contributed by atoms with van der Waals surface area (Å²) in [6, 6.07) is 11.7. The number of carbonyl (C=O) groups is 2. The summed E-state index contributed by atoms with van der Waals surface area (Å²) in [5.41, 5.74) is 1.18. The van der Waals surface area contributed by atoms with E-state index >= 15 is 0 Å². The van der Waals surface area contributed by atoms with Gasteiger partial charge in [-0.25, -0.2) is 0 Å². The summed E-state index contributed by atoms with van der Waals surface area (Å²) >= 11 is 12.3. The molecule has 2 aromatic rings. The highest BCUT2D eigenvalue weighted by molar-refractivity contribution is 6.36. The number of likely N-dealkylation sites (tertiary alicyclic amines) is 1. The number of hydrogen-bond acceptors (Lipinski definition) is 2. The Morgan fingerprint density at radius 3 is 2.48 bits per heavy atom. The topological polar surface area (TPSA) is 50.6 Å². The summed E-state index contributed by atoms with van der Waals surface area (Å²) < 4.78 is 0. The van der Waals surface area contributed by atoms with Gasteiger partial charge in [0.1, 0.15) is 0 Å². The summed E-state index contributed by atoms with van der Waals surface area (Å²) in [6.45, 7) is 4.65. The normalized spacial score (nSPS) is 19.5. The number of amides is 1. The Hall–Kier alpha value is -1.88. The van der Waals surface area contributed by atoms with Crippen LogP contribution in [-0.2, 0) is 4.79 Å². The Labute approximate surface area is 169 Å². The highest BCUT2D eigenvalue weighted by Crippen LogP contribution is 2.26. The van der Waals surface area contributed by atoms with Crippen LogP contribution in [-0.4, -0.2) is 31.3 Å². The lowest BCUT2D eigenvalue weighted by Gasteiger charge is -2.26. The van der Waals surface area contributed by atoms with Crippen LogP contribution in [0.4, 0.5) is 5.69 Å². The van der Waals surface area contributed by atoms with Crippen molar-refractivity contribution in [2.24, 2.45) is 5.92 Å². The van der Waals surface area contributed by atoms with Crippen molar-refractivity contribution in [2.75, 3.05) is 25.0 Å². The maximum atomic E-state index is 12.9. The lowest BCUT2D eigenvalue weighted by Crippen LogP contribution is -3.14. The third-order valence-corrected chi connectivity index (χ3v) is 5.58. The van der Waals surface area contributed by atoms with E-state index in [1.54, 1.807) is 42.5 Å². The van der Waals surface area contributed by atoms with Crippen molar-refractivity contribution in [1.29, 1.82) is 0 Å². The number of benzene rings is 2. The highest BCUT2D eigenvalue weighted by Gasteiger charge is 2.23. The molecule has 1 saturated heterocycles. The average molecular weight is 406 g/mol. The number of carbonyl (C=O) groups excluding carboxylic acids is 2. The van der Waals surface area contributed by atoms with E-state index in [0.717, 1.165) is 31.8 Å². The van der Waals surface area contributed by atoms with Crippen molar-refractivity contribution >= 4 is 40.6 Å². The minimum atomic E-state index is -0.266. The maximum Gasteiger partial charge on any atom is 0.279 e. The average Bonchev–Trinajstić information content (AvgIpc) is 2.65. The van der Waals surface area contributed by atoms with Crippen LogP contribution in [0.15, 0.2) is 42.5 Å². The van der Waals surface area contributed by atoms with Gasteiger partial charge < -0.3 is 10.2 Å². The number of piperidine rings is 1. The van der Waals surface area contributed by atoms with Gasteiger partial charge in [-0.05, 0) is 49.1 Å². The Morgan fingerprint density at radius 1 is 1.07 bits per heavy atom. The van der Waals surface area contributed by atoms with Crippen LogP contribution < -0.4 is 10.2 Å². The SMILES string of the molecule is CC1CC[NH+](CC(=O)Nc2ccc(Cl)cc2C(=O)c2ccccc2Cl)CC1. The Bertz CT molecular complexity index is 846. The van der Waals surface area contributed by atoms with Crippen LogP contribution in [0.1, 0.15) is 35.7 Å². The molecule has 142 valence electrons. The summed E-state index contributed by atoms with van der Waals surface area (Å²) in [4.78, 5) is 26.7. The molecule has 1 heterocycles. The quantitative estimate of drug-likeness (QED) is 0.748. The molecule has 0 atom stereocenters. The van der Waals surface area contributed by atoms with E-state index in [0.29, 0.717) is 33.4 Å². The fraction of sp³-hybridized carbons (Fsp3) is 0.333. The molecule has 0 saturated carbocycles. The van der Waals surface area contributed by atoms with Crippen molar-refractivity contribution < 1.29 is 14.5 Å². The van der Waals surface area contributed by atoms with Gasteiger partial charge in [0.15, 0.2) is 12.3 Å². The summed E-state index contributed by atoms with van der Waals surface area (Å²) in [6.07, 6.45) is 2.28. The molecular weight excluding hydrogens is 383 g/mol. The Kier molecular flexibility index (Phi) is 6.53. The van der Waals surface area contributed by atoms with Crippen molar-refractivity contribution in [3.8, 4) is 0 Å². The van der Waals surface area contributed by atoms with Crippen LogP contribution in [0.3, 0.4) is 0 Å². The van der Waals surface area contributed by atoms with Gasteiger partial charge in [0, 0.05) is 16.1 Å². The third-order valence-electron chi connectivity index (χ3n) is 5.01. The van der Waals surface area contributed by atoms with Crippen molar-refractivity contribution in [2.45, 2.75) is 19.8 Å². The van der Waals surface area contributed by atoms with E-state index in [1.165, 1.54) is 4.90 Å². The van der Waals surface area contributed by atoms with Gasteiger partial charge >= 0.3 is 0 Å². The van der Waals surface area contributed by atoms with Gasteiger partial charge in [0.05, 0.1) is 23.8 Å².